The van der Waals surface area contributed by atoms with Crippen LogP contribution in [0.15, 0.2) is 42.6 Å². The molecule has 0 saturated carbocycles. The molecule has 3 rings (SSSR count). The van der Waals surface area contributed by atoms with Crippen LogP contribution in [0.2, 0.25) is 0 Å². The molecule has 128 valence electrons. The number of ether oxygens (including phenoxy) is 2. The molecule has 0 bridgehead atoms. The van der Waals surface area contributed by atoms with Crippen molar-refractivity contribution in [3.05, 3.63) is 59.4 Å². The zero-order valence-corrected chi connectivity index (χ0v) is 14.4. The van der Waals surface area contributed by atoms with Gasteiger partial charge in [0.2, 0.25) is 5.88 Å². The largest absolute Gasteiger partial charge is 0.497 e. The van der Waals surface area contributed by atoms with Gasteiger partial charge in [-0.25, -0.2) is 4.98 Å². The third-order valence-electron chi connectivity index (χ3n) is 3.94. The van der Waals surface area contributed by atoms with Crippen molar-refractivity contribution >= 4 is 16.8 Å². The summed E-state index contributed by atoms with van der Waals surface area (Å²) in [7, 11) is 3.17. The lowest BCUT2D eigenvalue weighted by atomic mass is 10.1. The first-order valence-electron chi connectivity index (χ1n) is 7.84. The Morgan fingerprint density at radius 1 is 1.16 bits per heavy atom. The number of carbonyl (C=O) groups excluding carboxylic acids is 1. The third kappa shape index (κ3) is 3.52. The smallest absolute Gasteiger partial charge is 0.253 e. The first-order valence-corrected chi connectivity index (χ1v) is 7.84. The average Bonchev–Trinajstić information content (AvgIpc) is 2.65. The maximum Gasteiger partial charge on any atom is 0.253 e. The monoisotopic (exact) mass is 337 g/mol. The van der Waals surface area contributed by atoms with Gasteiger partial charge in [-0.2, -0.15) is 0 Å². The number of hydrogen-bond donors (Lipinski definition) is 1. The van der Waals surface area contributed by atoms with Crippen LogP contribution >= 0.6 is 0 Å². The minimum atomic E-state index is -0.186. The van der Waals surface area contributed by atoms with Gasteiger partial charge in [-0.05, 0) is 31.2 Å². The molecular weight excluding hydrogens is 318 g/mol. The number of pyridine rings is 2. The van der Waals surface area contributed by atoms with Gasteiger partial charge in [0.1, 0.15) is 5.75 Å². The van der Waals surface area contributed by atoms with E-state index in [-0.39, 0.29) is 5.91 Å². The minimum Gasteiger partial charge on any atom is -0.497 e. The highest BCUT2D eigenvalue weighted by Gasteiger charge is 2.13. The highest BCUT2D eigenvalue weighted by atomic mass is 16.5. The fourth-order valence-corrected chi connectivity index (χ4v) is 2.61. The highest BCUT2D eigenvalue weighted by molar-refractivity contribution is 5.98. The molecule has 1 aromatic carbocycles. The van der Waals surface area contributed by atoms with Crippen molar-refractivity contribution in [1.82, 2.24) is 15.3 Å². The lowest BCUT2D eigenvalue weighted by Crippen LogP contribution is -2.24. The molecule has 0 aliphatic heterocycles. The van der Waals surface area contributed by atoms with Crippen molar-refractivity contribution in [1.29, 1.82) is 0 Å². The van der Waals surface area contributed by atoms with Gasteiger partial charge in [0.15, 0.2) is 0 Å². The maximum atomic E-state index is 12.6. The molecule has 1 N–H and O–H groups in total. The lowest BCUT2D eigenvalue weighted by molar-refractivity contribution is 0.0950. The second-order valence-electron chi connectivity index (χ2n) is 5.53. The van der Waals surface area contributed by atoms with Gasteiger partial charge in [0, 0.05) is 29.8 Å². The van der Waals surface area contributed by atoms with Gasteiger partial charge in [-0.1, -0.05) is 6.07 Å². The molecule has 2 aromatic heterocycles. The van der Waals surface area contributed by atoms with E-state index in [0.29, 0.717) is 23.7 Å². The topological polar surface area (TPSA) is 73.3 Å². The summed E-state index contributed by atoms with van der Waals surface area (Å²) >= 11 is 0. The zero-order valence-electron chi connectivity index (χ0n) is 14.4. The van der Waals surface area contributed by atoms with Crippen LogP contribution in [0.3, 0.4) is 0 Å². The number of rotatable bonds is 5. The Bertz CT molecular complexity index is 925. The van der Waals surface area contributed by atoms with Crippen LogP contribution < -0.4 is 14.8 Å². The van der Waals surface area contributed by atoms with Crippen LogP contribution in [-0.4, -0.2) is 30.1 Å². The van der Waals surface area contributed by atoms with E-state index < -0.39 is 0 Å². The molecule has 0 spiro atoms. The summed E-state index contributed by atoms with van der Waals surface area (Å²) in [6, 6.07) is 11.1. The van der Waals surface area contributed by atoms with Crippen LogP contribution in [0.4, 0.5) is 0 Å². The van der Waals surface area contributed by atoms with Crippen molar-refractivity contribution in [3.8, 4) is 11.6 Å². The van der Waals surface area contributed by atoms with E-state index in [2.05, 4.69) is 15.3 Å². The zero-order chi connectivity index (χ0) is 17.8. The predicted octanol–water partition coefficient (Wildman–Crippen LogP) is 2.89. The summed E-state index contributed by atoms with van der Waals surface area (Å²) in [4.78, 5) is 21.2. The fraction of sp³-hybridized carbons (Fsp3) is 0.211. The van der Waals surface area contributed by atoms with Gasteiger partial charge in [0.25, 0.3) is 5.91 Å². The second-order valence-corrected chi connectivity index (χ2v) is 5.53. The molecular formula is C19H19N3O3. The Morgan fingerprint density at radius 2 is 2.00 bits per heavy atom. The van der Waals surface area contributed by atoms with Crippen LogP contribution in [0.5, 0.6) is 11.6 Å². The maximum absolute atomic E-state index is 12.6. The van der Waals surface area contributed by atoms with Crippen LogP contribution in [-0.2, 0) is 6.54 Å². The van der Waals surface area contributed by atoms with E-state index in [4.69, 9.17) is 9.47 Å². The summed E-state index contributed by atoms with van der Waals surface area (Å²) in [5.41, 5.74) is 2.81. The van der Waals surface area contributed by atoms with E-state index in [1.54, 1.807) is 26.5 Å². The average molecular weight is 337 g/mol. The summed E-state index contributed by atoms with van der Waals surface area (Å²) in [6.45, 7) is 2.15. The molecule has 0 aliphatic rings. The Morgan fingerprint density at radius 3 is 2.76 bits per heavy atom. The summed E-state index contributed by atoms with van der Waals surface area (Å²) in [5, 5.41) is 3.78. The molecule has 6 nitrogen and oxygen atoms in total. The van der Waals surface area contributed by atoms with Crippen molar-refractivity contribution in [3.63, 3.8) is 0 Å². The number of nitrogens with one attached hydrogen (secondary N) is 1. The Labute approximate surface area is 145 Å². The number of amides is 1. The molecule has 1 amide bonds. The molecule has 25 heavy (non-hydrogen) atoms. The molecule has 6 heteroatoms. The van der Waals surface area contributed by atoms with Crippen LogP contribution in [0.1, 0.15) is 21.6 Å². The number of carbonyl (C=O) groups is 1. The van der Waals surface area contributed by atoms with Crippen molar-refractivity contribution < 1.29 is 14.3 Å². The molecule has 0 atom stereocenters. The molecule has 0 unspecified atom stereocenters. The summed E-state index contributed by atoms with van der Waals surface area (Å²) in [5.74, 6) is 1.05. The van der Waals surface area contributed by atoms with Gasteiger partial charge in [-0.3, -0.25) is 9.78 Å². The second kappa shape index (κ2) is 7.17. The number of fused-ring (bicyclic) bond motifs is 1. The minimum absolute atomic E-state index is 0.186. The van der Waals surface area contributed by atoms with E-state index in [1.165, 1.54) is 0 Å². The number of aromatic nitrogens is 2. The molecule has 0 aliphatic carbocycles. The van der Waals surface area contributed by atoms with Crippen molar-refractivity contribution in [2.45, 2.75) is 13.5 Å². The molecule has 0 fully saturated rings. The first-order chi connectivity index (χ1) is 12.1. The third-order valence-corrected chi connectivity index (χ3v) is 3.94. The quantitative estimate of drug-likeness (QED) is 0.775. The van der Waals surface area contributed by atoms with Crippen molar-refractivity contribution in [2.75, 3.05) is 14.2 Å². The molecule has 0 radical (unpaired) electrons. The lowest BCUT2D eigenvalue weighted by Gasteiger charge is -2.11. The van der Waals surface area contributed by atoms with Crippen LogP contribution in [0.25, 0.3) is 10.9 Å². The fourth-order valence-electron chi connectivity index (χ4n) is 2.61. The molecule has 2 heterocycles. The number of methoxy groups -OCH3 is 2. The number of benzene rings is 1. The Kier molecular flexibility index (Phi) is 4.79. The van der Waals surface area contributed by atoms with Crippen LogP contribution in [0, 0.1) is 6.92 Å². The molecule has 3 aromatic rings. The Balaban J connectivity index is 1.83. The van der Waals surface area contributed by atoms with Gasteiger partial charge < -0.3 is 14.8 Å². The molecule has 0 saturated heterocycles. The van der Waals surface area contributed by atoms with E-state index in [1.807, 2.05) is 37.3 Å². The first kappa shape index (κ1) is 16.7. The number of nitrogens with zero attached hydrogens (tertiary/aromatic N) is 2. The van der Waals surface area contributed by atoms with Gasteiger partial charge in [-0.15, -0.1) is 0 Å². The van der Waals surface area contributed by atoms with E-state index in [0.717, 1.165) is 22.2 Å². The standard InChI is InChI=1S/C19H19N3O3/c1-12-16(9-13-6-7-15(24-2)10-17(13)22-12)18(23)21-11-14-5-4-8-20-19(14)25-3/h4-10H,11H2,1-3H3,(H,21,23). The van der Waals surface area contributed by atoms with Gasteiger partial charge in [0.05, 0.1) is 31.0 Å². The summed E-state index contributed by atoms with van der Waals surface area (Å²) < 4.78 is 10.4. The normalized spacial score (nSPS) is 10.5. The Hall–Kier alpha value is -3.15. The predicted molar refractivity (Wildman–Crippen MR) is 95.0 cm³/mol. The van der Waals surface area contributed by atoms with Crippen molar-refractivity contribution in [2.24, 2.45) is 0 Å². The SMILES string of the molecule is COc1ccc2cc(C(=O)NCc3cccnc3OC)c(C)nc2c1. The highest BCUT2D eigenvalue weighted by Crippen LogP contribution is 2.22. The van der Waals surface area contributed by atoms with E-state index >= 15 is 0 Å². The summed E-state index contributed by atoms with van der Waals surface area (Å²) in [6.07, 6.45) is 1.65. The van der Waals surface area contributed by atoms with E-state index in [9.17, 15) is 4.79 Å². The number of aryl methyl sites for hydroxylation is 1. The van der Waals surface area contributed by atoms with Gasteiger partial charge >= 0.3 is 0 Å². The number of hydrogen-bond acceptors (Lipinski definition) is 5.